The Bertz CT molecular complexity index is 331. The summed E-state index contributed by atoms with van der Waals surface area (Å²) in [6.45, 7) is 0. The number of nitrogens with two attached hydrogens (primary N) is 1. The van der Waals surface area contributed by atoms with Gasteiger partial charge in [0.1, 0.15) is 0 Å². The van der Waals surface area contributed by atoms with Crippen LogP contribution in [0.4, 0.5) is 24.5 Å². The van der Waals surface area contributed by atoms with Crippen LogP contribution in [0.2, 0.25) is 0 Å². The number of alkyl halides is 3. The Labute approximate surface area is 80.1 Å². The Hall–Kier alpha value is -1.39. The predicted molar refractivity (Wildman–Crippen MR) is 50.2 cm³/mol. The zero-order valence-corrected chi connectivity index (χ0v) is 7.89. The van der Waals surface area contributed by atoms with Gasteiger partial charge in [-0.15, -0.1) is 0 Å². The summed E-state index contributed by atoms with van der Waals surface area (Å²) in [5, 5.41) is 0. The molecule has 0 aliphatic rings. The summed E-state index contributed by atoms with van der Waals surface area (Å²) in [5.74, 6) is 0. The van der Waals surface area contributed by atoms with Crippen molar-refractivity contribution in [3.8, 4) is 0 Å². The Morgan fingerprint density at radius 3 is 2.21 bits per heavy atom. The minimum absolute atomic E-state index is 0.0810. The number of hydrogen-bond donors (Lipinski definition) is 1. The fourth-order valence-electron chi connectivity index (χ4n) is 1.16. The Balaban J connectivity index is 3.29. The fourth-order valence-corrected chi connectivity index (χ4v) is 1.16. The maximum absolute atomic E-state index is 12.5. The van der Waals surface area contributed by atoms with Crippen molar-refractivity contribution in [1.82, 2.24) is 0 Å². The van der Waals surface area contributed by atoms with Gasteiger partial charge in [0.2, 0.25) is 0 Å². The van der Waals surface area contributed by atoms with Crippen molar-refractivity contribution in [3.63, 3.8) is 0 Å². The first-order valence-electron chi connectivity index (χ1n) is 3.96. The van der Waals surface area contributed by atoms with E-state index in [0.717, 1.165) is 6.07 Å². The summed E-state index contributed by atoms with van der Waals surface area (Å²) >= 11 is 0. The molecule has 0 saturated carbocycles. The summed E-state index contributed by atoms with van der Waals surface area (Å²) in [6.07, 6.45) is -4.34. The normalized spacial score (nSPS) is 11.5. The summed E-state index contributed by atoms with van der Waals surface area (Å²) in [4.78, 5) is 1.39. The summed E-state index contributed by atoms with van der Waals surface area (Å²) < 4.78 is 37.4. The van der Waals surface area contributed by atoms with Gasteiger partial charge < -0.3 is 10.6 Å². The topological polar surface area (TPSA) is 29.3 Å². The van der Waals surface area contributed by atoms with Crippen LogP contribution < -0.4 is 10.6 Å². The van der Waals surface area contributed by atoms with E-state index in [-0.39, 0.29) is 5.69 Å². The first-order valence-corrected chi connectivity index (χ1v) is 3.96. The van der Waals surface area contributed by atoms with Gasteiger partial charge in [-0.2, -0.15) is 13.2 Å². The average Bonchev–Trinajstić information content (AvgIpc) is 2.01. The lowest BCUT2D eigenvalue weighted by molar-refractivity contribution is -0.137. The lowest BCUT2D eigenvalue weighted by Crippen LogP contribution is -2.16. The molecular weight excluding hydrogens is 193 g/mol. The molecule has 78 valence electrons. The quantitative estimate of drug-likeness (QED) is 0.711. The van der Waals surface area contributed by atoms with Gasteiger partial charge in [-0.25, -0.2) is 0 Å². The maximum atomic E-state index is 12.5. The second-order valence-electron chi connectivity index (χ2n) is 3.17. The van der Waals surface area contributed by atoms with Gasteiger partial charge in [0, 0.05) is 19.8 Å². The van der Waals surface area contributed by atoms with E-state index >= 15 is 0 Å². The summed E-state index contributed by atoms with van der Waals surface area (Å²) in [6, 6.07) is 3.54. The zero-order valence-electron chi connectivity index (χ0n) is 7.89. The van der Waals surface area contributed by atoms with E-state index in [2.05, 4.69) is 0 Å². The van der Waals surface area contributed by atoms with Crippen molar-refractivity contribution in [1.29, 1.82) is 0 Å². The smallest absolute Gasteiger partial charge is 0.399 e. The van der Waals surface area contributed by atoms with Gasteiger partial charge in [-0.1, -0.05) is 0 Å². The average molecular weight is 204 g/mol. The third kappa shape index (κ3) is 2.10. The third-order valence-electron chi connectivity index (χ3n) is 1.81. The molecule has 0 spiro atoms. The highest BCUT2D eigenvalue weighted by molar-refractivity contribution is 5.61. The van der Waals surface area contributed by atoms with Gasteiger partial charge in [-0.3, -0.25) is 0 Å². The van der Waals surface area contributed by atoms with Gasteiger partial charge in [-0.05, 0) is 18.2 Å². The second-order valence-corrected chi connectivity index (χ2v) is 3.17. The van der Waals surface area contributed by atoms with Gasteiger partial charge in [0.05, 0.1) is 11.3 Å². The summed E-state index contributed by atoms with van der Waals surface area (Å²) in [5.41, 5.74) is 5.15. The molecule has 0 heterocycles. The number of halogens is 3. The van der Waals surface area contributed by atoms with Crippen LogP contribution in [0.15, 0.2) is 18.2 Å². The number of rotatable bonds is 1. The SMILES string of the molecule is CN(C)c1cc(N)ccc1C(F)(F)F. The molecule has 5 heteroatoms. The summed E-state index contributed by atoms with van der Waals surface area (Å²) in [7, 11) is 3.09. The van der Waals surface area contributed by atoms with Crippen LogP contribution in [0.1, 0.15) is 5.56 Å². The molecule has 2 nitrogen and oxygen atoms in total. The monoisotopic (exact) mass is 204 g/mol. The lowest BCUT2D eigenvalue weighted by atomic mass is 10.1. The fraction of sp³-hybridized carbons (Fsp3) is 0.333. The second kappa shape index (κ2) is 3.40. The molecule has 0 saturated heterocycles. The van der Waals surface area contributed by atoms with E-state index < -0.39 is 11.7 Å². The largest absolute Gasteiger partial charge is 0.418 e. The molecule has 0 aliphatic carbocycles. The van der Waals surface area contributed by atoms with Crippen LogP contribution in [0, 0.1) is 0 Å². The molecular formula is C9H11F3N2. The standard InChI is InChI=1S/C9H11F3N2/c1-14(2)8-5-6(13)3-4-7(8)9(10,11)12/h3-5H,13H2,1-2H3. The molecule has 14 heavy (non-hydrogen) atoms. The molecule has 0 atom stereocenters. The van der Waals surface area contributed by atoms with Gasteiger partial charge in [0.25, 0.3) is 0 Å². The van der Waals surface area contributed by atoms with Crippen molar-refractivity contribution in [2.75, 3.05) is 24.7 Å². The molecule has 1 aromatic rings. The maximum Gasteiger partial charge on any atom is 0.418 e. The Kier molecular flexibility index (Phi) is 2.59. The van der Waals surface area contributed by atoms with E-state index in [1.807, 2.05) is 0 Å². The number of hydrogen-bond acceptors (Lipinski definition) is 2. The highest BCUT2D eigenvalue weighted by Crippen LogP contribution is 2.36. The number of nitrogens with zero attached hydrogens (tertiary/aromatic N) is 1. The first-order chi connectivity index (χ1) is 6.32. The third-order valence-corrected chi connectivity index (χ3v) is 1.81. The molecule has 2 N–H and O–H groups in total. The minimum atomic E-state index is -4.34. The highest BCUT2D eigenvalue weighted by atomic mass is 19.4. The van der Waals surface area contributed by atoms with E-state index in [9.17, 15) is 13.2 Å². The van der Waals surface area contributed by atoms with Crippen molar-refractivity contribution >= 4 is 11.4 Å². The Morgan fingerprint density at radius 1 is 1.21 bits per heavy atom. The number of benzene rings is 1. The molecule has 0 unspecified atom stereocenters. The van der Waals surface area contributed by atoms with E-state index in [4.69, 9.17) is 5.73 Å². The molecule has 0 amide bonds. The van der Waals surface area contributed by atoms with Crippen LogP contribution in [0.5, 0.6) is 0 Å². The molecule has 0 bridgehead atoms. The molecule has 0 radical (unpaired) electrons. The van der Waals surface area contributed by atoms with E-state index in [0.29, 0.717) is 5.69 Å². The van der Waals surface area contributed by atoms with Crippen molar-refractivity contribution in [2.45, 2.75) is 6.18 Å². The van der Waals surface area contributed by atoms with Crippen molar-refractivity contribution < 1.29 is 13.2 Å². The van der Waals surface area contributed by atoms with E-state index in [1.165, 1.54) is 17.0 Å². The highest BCUT2D eigenvalue weighted by Gasteiger charge is 2.33. The van der Waals surface area contributed by atoms with Crippen LogP contribution >= 0.6 is 0 Å². The van der Waals surface area contributed by atoms with Crippen LogP contribution in [-0.2, 0) is 6.18 Å². The van der Waals surface area contributed by atoms with Crippen LogP contribution in [-0.4, -0.2) is 14.1 Å². The number of nitrogen functional groups attached to an aromatic ring is 1. The lowest BCUT2D eigenvalue weighted by Gasteiger charge is -2.19. The van der Waals surface area contributed by atoms with Gasteiger partial charge in [0.15, 0.2) is 0 Å². The molecule has 0 aliphatic heterocycles. The number of anilines is 2. The van der Waals surface area contributed by atoms with Crippen molar-refractivity contribution in [2.24, 2.45) is 0 Å². The van der Waals surface area contributed by atoms with Gasteiger partial charge >= 0.3 is 6.18 Å². The van der Waals surface area contributed by atoms with Crippen LogP contribution in [0.3, 0.4) is 0 Å². The van der Waals surface area contributed by atoms with Crippen molar-refractivity contribution in [3.05, 3.63) is 23.8 Å². The van der Waals surface area contributed by atoms with E-state index in [1.54, 1.807) is 14.1 Å². The molecule has 0 fully saturated rings. The van der Waals surface area contributed by atoms with Crippen LogP contribution in [0.25, 0.3) is 0 Å². The Morgan fingerprint density at radius 2 is 1.79 bits per heavy atom. The first kappa shape index (κ1) is 10.7. The molecule has 1 rings (SSSR count). The zero-order chi connectivity index (χ0) is 10.9. The minimum Gasteiger partial charge on any atom is -0.399 e. The molecule has 1 aromatic carbocycles. The molecule has 0 aromatic heterocycles. The predicted octanol–water partition coefficient (Wildman–Crippen LogP) is 2.35.